The number of hydrogen-bond donors (Lipinski definition) is 0. The van der Waals surface area contributed by atoms with E-state index < -0.39 is 10.0 Å². The lowest BCUT2D eigenvalue weighted by molar-refractivity contribution is 0.151. The van der Waals surface area contributed by atoms with Crippen molar-refractivity contribution >= 4 is 33.2 Å². The van der Waals surface area contributed by atoms with Gasteiger partial charge in [-0.1, -0.05) is 23.2 Å². The average molecular weight is 469 g/mol. The molecule has 2 aliphatic heterocycles. The first-order chi connectivity index (χ1) is 14.4. The number of fused-ring (bicyclic) bond motifs is 1. The molecule has 1 aromatic carbocycles. The van der Waals surface area contributed by atoms with Gasteiger partial charge in [0.25, 0.3) is 0 Å². The lowest BCUT2D eigenvalue weighted by Gasteiger charge is -2.36. The van der Waals surface area contributed by atoms with Gasteiger partial charge in [0.2, 0.25) is 15.9 Å². The number of ether oxygens (including phenoxy) is 1. The van der Waals surface area contributed by atoms with Gasteiger partial charge >= 0.3 is 0 Å². The average Bonchev–Trinajstić information content (AvgIpc) is 3.48. The molecule has 3 fully saturated rings. The van der Waals surface area contributed by atoms with E-state index in [1.807, 2.05) is 0 Å². The Morgan fingerprint density at radius 1 is 1.07 bits per heavy atom. The predicted octanol–water partition coefficient (Wildman–Crippen LogP) is 3.19. The highest BCUT2D eigenvalue weighted by Crippen LogP contribution is 2.38. The Balaban J connectivity index is 1.24. The summed E-state index contributed by atoms with van der Waals surface area (Å²) in [4.78, 5) is 11.2. The molecule has 2 aromatic rings. The van der Waals surface area contributed by atoms with Crippen LogP contribution in [0.3, 0.4) is 0 Å². The summed E-state index contributed by atoms with van der Waals surface area (Å²) in [5, 5.41) is 0.554. The van der Waals surface area contributed by atoms with Crippen molar-refractivity contribution < 1.29 is 13.2 Å². The van der Waals surface area contributed by atoms with Gasteiger partial charge in [-0.25, -0.2) is 13.4 Å². The number of benzene rings is 1. The fourth-order valence-electron chi connectivity index (χ4n) is 4.24. The zero-order valence-electron chi connectivity index (χ0n) is 16.2. The van der Waals surface area contributed by atoms with Crippen LogP contribution in [0.15, 0.2) is 35.5 Å². The summed E-state index contributed by atoms with van der Waals surface area (Å²) >= 11 is 12.1. The van der Waals surface area contributed by atoms with Gasteiger partial charge in [-0.3, -0.25) is 9.88 Å². The van der Waals surface area contributed by atoms with Crippen LogP contribution >= 0.6 is 23.2 Å². The van der Waals surface area contributed by atoms with E-state index in [9.17, 15) is 8.42 Å². The highest BCUT2D eigenvalue weighted by atomic mass is 35.5. The minimum atomic E-state index is -3.68. The van der Waals surface area contributed by atoms with Gasteiger partial charge in [0.05, 0.1) is 23.1 Å². The van der Waals surface area contributed by atoms with E-state index in [4.69, 9.17) is 27.9 Å². The highest BCUT2D eigenvalue weighted by molar-refractivity contribution is 7.89. The molecule has 1 aliphatic carbocycles. The molecule has 1 aromatic heterocycles. The molecule has 1 saturated carbocycles. The highest BCUT2D eigenvalue weighted by Gasteiger charge is 2.41. The van der Waals surface area contributed by atoms with Gasteiger partial charge in [-0.05, 0) is 31.0 Å². The molecule has 0 N–H and O–H groups in total. The summed E-state index contributed by atoms with van der Waals surface area (Å²) in [5.41, 5.74) is 1.04. The van der Waals surface area contributed by atoms with Crippen molar-refractivity contribution in [1.29, 1.82) is 0 Å². The normalized spacial score (nSPS) is 25.3. The zero-order chi connectivity index (χ0) is 20.9. The van der Waals surface area contributed by atoms with Crippen LogP contribution in [0.5, 0.6) is 5.88 Å². The van der Waals surface area contributed by atoms with Crippen molar-refractivity contribution in [3.63, 3.8) is 0 Å². The number of hydrogen-bond acceptors (Lipinski definition) is 6. The molecule has 30 heavy (non-hydrogen) atoms. The first-order valence-corrected chi connectivity index (χ1v) is 12.3. The third-order valence-electron chi connectivity index (χ3n) is 5.98. The Hall–Kier alpha value is -1.45. The molecule has 2 saturated heterocycles. The number of aromatic nitrogens is 2. The number of nitrogens with zero attached hydrogens (tertiary/aromatic N) is 4. The topological polar surface area (TPSA) is 75.6 Å². The summed E-state index contributed by atoms with van der Waals surface area (Å²) < 4.78 is 33.8. The molecule has 0 bridgehead atoms. The Kier molecular flexibility index (Phi) is 5.39. The van der Waals surface area contributed by atoms with E-state index >= 15 is 0 Å². The second-order valence-corrected chi connectivity index (χ2v) is 10.9. The van der Waals surface area contributed by atoms with E-state index in [2.05, 4.69) is 14.9 Å². The molecule has 3 aliphatic rings. The van der Waals surface area contributed by atoms with Crippen LogP contribution in [0.2, 0.25) is 10.0 Å². The Labute approximate surface area is 186 Å². The van der Waals surface area contributed by atoms with Crippen molar-refractivity contribution in [2.75, 3.05) is 26.2 Å². The first kappa shape index (κ1) is 20.5. The molecule has 160 valence electrons. The van der Waals surface area contributed by atoms with Crippen LogP contribution in [0.1, 0.15) is 30.9 Å². The van der Waals surface area contributed by atoms with Gasteiger partial charge in [-0.2, -0.15) is 4.31 Å². The van der Waals surface area contributed by atoms with Crippen molar-refractivity contribution in [1.82, 2.24) is 19.2 Å². The maximum atomic E-state index is 13.1. The Morgan fingerprint density at radius 2 is 1.90 bits per heavy atom. The van der Waals surface area contributed by atoms with Gasteiger partial charge in [0.15, 0.2) is 0 Å². The molecule has 5 rings (SSSR count). The number of rotatable bonds is 5. The third kappa shape index (κ3) is 4.03. The zero-order valence-corrected chi connectivity index (χ0v) is 18.6. The summed E-state index contributed by atoms with van der Waals surface area (Å²) in [5.74, 6) is 1.09. The minimum absolute atomic E-state index is 0.0298. The fourth-order valence-corrected chi connectivity index (χ4v) is 6.46. The molecule has 2 atom stereocenters. The summed E-state index contributed by atoms with van der Waals surface area (Å²) in [7, 11) is -3.68. The number of halogens is 2. The van der Waals surface area contributed by atoms with E-state index in [0.717, 1.165) is 18.7 Å². The standard InChI is InChI=1S/C20H22Cl2N4O3S/c21-14-3-4-19(17(22)7-14)30(27,28)26-6-5-25-12-16(8-15(25)11-26)29-20-10-23-18(9-24-20)13-1-2-13/h3-4,7,9-10,13,15-16H,1-2,5-6,8,11-12H2/t15-,16-/m0/s1. The van der Waals surface area contributed by atoms with Crippen molar-refractivity contribution in [2.45, 2.75) is 42.2 Å². The monoisotopic (exact) mass is 468 g/mol. The van der Waals surface area contributed by atoms with Crippen LogP contribution < -0.4 is 4.74 Å². The fraction of sp³-hybridized carbons (Fsp3) is 0.500. The van der Waals surface area contributed by atoms with E-state index in [0.29, 0.717) is 36.5 Å². The summed E-state index contributed by atoms with van der Waals surface area (Å²) in [6, 6.07) is 4.58. The van der Waals surface area contributed by atoms with Gasteiger partial charge in [-0.15, -0.1) is 0 Å². The maximum absolute atomic E-state index is 13.1. The summed E-state index contributed by atoms with van der Waals surface area (Å²) in [6.07, 6.45) is 6.59. The van der Waals surface area contributed by atoms with Crippen molar-refractivity contribution in [2.24, 2.45) is 0 Å². The molecule has 0 radical (unpaired) electrons. The number of piperazine rings is 1. The smallest absolute Gasteiger partial charge is 0.244 e. The maximum Gasteiger partial charge on any atom is 0.244 e. The van der Waals surface area contributed by atoms with E-state index in [1.54, 1.807) is 18.5 Å². The lowest BCUT2D eigenvalue weighted by atomic mass is 10.2. The molecular weight excluding hydrogens is 447 g/mol. The quantitative estimate of drug-likeness (QED) is 0.670. The third-order valence-corrected chi connectivity index (χ3v) is 8.57. The largest absolute Gasteiger partial charge is 0.472 e. The number of sulfonamides is 1. The second kappa shape index (κ2) is 7.91. The van der Waals surface area contributed by atoms with Crippen molar-refractivity contribution in [3.8, 4) is 5.88 Å². The van der Waals surface area contributed by atoms with Crippen LogP contribution in [0.25, 0.3) is 0 Å². The molecule has 7 nitrogen and oxygen atoms in total. The van der Waals surface area contributed by atoms with Gasteiger partial charge in [0.1, 0.15) is 11.0 Å². The Morgan fingerprint density at radius 3 is 2.60 bits per heavy atom. The van der Waals surface area contributed by atoms with Gasteiger partial charge < -0.3 is 4.74 Å². The van der Waals surface area contributed by atoms with E-state index in [-0.39, 0.29) is 22.1 Å². The predicted molar refractivity (Wildman–Crippen MR) is 114 cm³/mol. The van der Waals surface area contributed by atoms with Crippen LogP contribution in [-0.2, 0) is 10.0 Å². The molecular formula is C20H22Cl2N4O3S. The van der Waals surface area contributed by atoms with E-state index in [1.165, 1.54) is 29.3 Å². The molecule has 10 heteroatoms. The minimum Gasteiger partial charge on any atom is -0.472 e. The SMILES string of the molecule is O=S(=O)(c1ccc(Cl)cc1Cl)N1CCN2C[C@@H](Oc3cnc(C4CC4)cn3)C[C@H]2C1. The van der Waals surface area contributed by atoms with Crippen LogP contribution in [0, 0.1) is 0 Å². The second-order valence-electron chi connectivity index (χ2n) is 8.12. The van der Waals surface area contributed by atoms with Gasteiger partial charge in [0, 0.05) is 49.6 Å². The molecule has 0 spiro atoms. The molecule has 0 unspecified atom stereocenters. The first-order valence-electron chi connectivity index (χ1n) is 10.1. The summed E-state index contributed by atoms with van der Waals surface area (Å²) in [6.45, 7) is 2.24. The molecule has 3 heterocycles. The van der Waals surface area contributed by atoms with Crippen molar-refractivity contribution in [3.05, 3.63) is 46.3 Å². The lowest BCUT2D eigenvalue weighted by Crippen LogP contribution is -2.51. The van der Waals surface area contributed by atoms with Crippen LogP contribution in [-0.4, -0.2) is 65.9 Å². The van der Waals surface area contributed by atoms with Crippen LogP contribution in [0.4, 0.5) is 0 Å². The molecule has 0 amide bonds. The Bertz CT molecular complexity index is 1050.